The maximum atomic E-state index is 2.71. The zero-order valence-corrected chi connectivity index (χ0v) is 34.8. The van der Waals surface area contributed by atoms with Crippen LogP contribution in [0.4, 0.5) is 0 Å². The molecule has 0 nitrogen and oxygen atoms in total. The Labute approximate surface area is 310 Å². The molecule has 250 valence electrons. The largest absolute Gasteiger partial charge is 1.00 e. The molecule has 0 aromatic heterocycles. The van der Waals surface area contributed by atoms with E-state index in [1.807, 2.05) is 3.28 Å². The van der Waals surface area contributed by atoms with Crippen LogP contribution >= 0.6 is 0 Å². The van der Waals surface area contributed by atoms with E-state index in [-0.39, 0.29) is 41.1 Å². The molecule has 0 amide bonds. The molecule has 4 aliphatic rings. The minimum absolute atomic E-state index is 0. The van der Waals surface area contributed by atoms with E-state index in [4.69, 9.17) is 0 Å². The number of rotatable bonds is 5. The second-order valence-corrected chi connectivity index (χ2v) is 23.0. The Balaban J connectivity index is 0.00000225. The predicted octanol–water partition coefficient (Wildman–Crippen LogP) is 6.30. The van der Waals surface area contributed by atoms with Crippen LogP contribution in [0.25, 0.3) is 22.3 Å². The number of allylic oxidation sites excluding steroid dienone is 8. The molecule has 0 saturated carbocycles. The van der Waals surface area contributed by atoms with Crippen LogP contribution in [0.1, 0.15) is 132 Å². The summed E-state index contributed by atoms with van der Waals surface area (Å²) in [5.74, 6) is 0.533. The summed E-state index contributed by atoms with van der Waals surface area (Å²) in [6.45, 7) is 26.3. The van der Waals surface area contributed by atoms with Crippen molar-refractivity contribution in [2.45, 2.75) is 103 Å². The molecule has 0 N–H and O–H groups in total. The first-order chi connectivity index (χ1) is 21.7. The number of halogens is 2. The molecule has 3 heteroatoms. The molecule has 0 heterocycles. The zero-order chi connectivity index (χ0) is 32.9. The summed E-state index contributed by atoms with van der Waals surface area (Å²) in [7, 11) is 0. The Kier molecular flexibility index (Phi) is 10.0. The van der Waals surface area contributed by atoms with E-state index in [0.717, 1.165) is 6.42 Å². The van der Waals surface area contributed by atoms with Gasteiger partial charge >= 0.3 is 288 Å². The van der Waals surface area contributed by atoms with E-state index in [1.165, 1.54) is 56.5 Å². The van der Waals surface area contributed by atoms with Gasteiger partial charge in [-0.05, 0) is 0 Å². The van der Waals surface area contributed by atoms with Gasteiger partial charge in [0.05, 0.1) is 0 Å². The van der Waals surface area contributed by atoms with Crippen molar-refractivity contribution in [2.24, 2.45) is 11.3 Å². The van der Waals surface area contributed by atoms with Gasteiger partial charge in [-0.15, -0.1) is 0 Å². The van der Waals surface area contributed by atoms with Crippen molar-refractivity contribution in [1.82, 2.24) is 0 Å². The van der Waals surface area contributed by atoms with Gasteiger partial charge < -0.3 is 24.8 Å². The average Bonchev–Trinajstić information content (AvgIpc) is 3.69. The van der Waals surface area contributed by atoms with Crippen molar-refractivity contribution in [3.05, 3.63) is 127 Å². The minimum Gasteiger partial charge on any atom is -1.00 e. The Morgan fingerprint density at radius 3 is 1.67 bits per heavy atom. The molecule has 1 unspecified atom stereocenters. The average molecular weight is 755 g/mol. The molecule has 0 aliphatic heterocycles. The third-order valence-electron chi connectivity index (χ3n) is 11.5. The first-order valence-corrected chi connectivity index (χ1v) is 21.5. The molecule has 3 aromatic carbocycles. The Morgan fingerprint density at radius 1 is 0.729 bits per heavy atom. The molecule has 48 heavy (non-hydrogen) atoms. The quantitative estimate of drug-likeness (QED) is 0.287. The van der Waals surface area contributed by atoms with Gasteiger partial charge in [-0.25, -0.2) is 0 Å². The minimum atomic E-state index is -2.69. The maximum absolute atomic E-state index is 2.71. The molecule has 1 atom stereocenters. The molecule has 0 radical (unpaired) electrons. The van der Waals surface area contributed by atoms with Crippen LogP contribution in [0.3, 0.4) is 0 Å². The Morgan fingerprint density at radius 2 is 1.23 bits per heavy atom. The van der Waals surface area contributed by atoms with Crippen LogP contribution in [0, 0.1) is 11.3 Å². The van der Waals surface area contributed by atoms with E-state index in [9.17, 15) is 0 Å². The molecule has 0 fully saturated rings. The molecule has 0 spiro atoms. The number of hydrogen-bond donors (Lipinski definition) is 0. The molecule has 0 bridgehead atoms. The first kappa shape index (κ1) is 37.2. The SMILES string of the molecule is CC/[C](c1ccccc1)=[Zr+2](/[C]1=CC(C(C)(C)C)=CC1CC)[CH]1c2cc3c(cc2-c2cc4c(cc21)C(C)(C)C=C4C)C(C)=CC3(C)C.[Cl-].[Cl-]. The van der Waals surface area contributed by atoms with Crippen LogP contribution in [0.5, 0.6) is 0 Å². The molecule has 3 aromatic rings. The predicted molar refractivity (Wildman–Crippen MR) is 197 cm³/mol. The fraction of sp³-hybridized carbons (Fsp3) is 0.400. The summed E-state index contributed by atoms with van der Waals surface area (Å²) in [5, 5.41) is 0. The van der Waals surface area contributed by atoms with Crippen molar-refractivity contribution in [2.75, 3.05) is 0 Å². The van der Waals surface area contributed by atoms with Crippen molar-refractivity contribution in [1.29, 1.82) is 0 Å². The smallest absolute Gasteiger partial charge is 1.00 e. The van der Waals surface area contributed by atoms with Gasteiger partial charge in [-0.2, -0.15) is 0 Å². The van der Waals surface area contributed by atoms with Crippen molar-refractivity contribution in [3.63, 3.8) is 0 Å². The van der Waals surface area contributed by atoms with Gasteiger partial charge in [0, 0.05) is 0 Å². The van der Waals surface area contributed by atoms with E-state index < -0.39 is 21.3 Å². The van der Waals surface area contributed by atoms with Crippen LogP contribution in [0.15, 0.2) is 87.8 Å². The van der Waals surface area contributed by atoms with Crippen LogP contribution in [0.2, 0.25) is 0 Å². The van der Waals surface area contributed by atoms with Gasteiger partial charge in [0.15, 0.2) is 0 Å². The monoisotopic (exact) mass is 752 g/mol. The second kappa shape index (κ2) is 12.9. The molecule has 7 rings (SSSR count). The maximum Gasteiger partial charge on any atom is -1.00 e. The summed E-state index contributed by atoms with van der Waals surface area (Å²) < 4.78 is 4.03. The van der Waals surface area contributed by atoms with Crippen molar-refractivity contribution >= 4 is 14.4 Å². The van der Waals surface area contributed by atoms with E-state index in [0.29, 0.717) is 9.54 Å². The van der Waals surface area contributed by atoms with Gasteiger partial charge in [0.2, 0.25) is 0 Å². The van der Waals surface area contributed by atoms with Crippen molar-refractivity contribution in [3.8, 4) is 11.1 Å². The fourth-order valence-electron chi connectivity index (χ4n) is 9.18. The third-order valence-corrected chi connectivity index (χ3v) is 20.4. The van der Waals surface area contributed by atoms with Crippen LogP contribution in [-0.4, -0.2) is 3.21 Å². The number of hydrogen-bond acceptors (Lipinski definition) is 0. The molecule has 0 saturated heterocycles. The Bertz CT molecular complexity index is 1870. The number of fused-ring (bicyclic) bond motifs is 5. The van der Waals surface area contributed by atoms with E-state index >= 15 is 0 Å². The third kappa shape index (κ3) is 5.83. The second-order valence-electron chi connectivity index (χ2n) is 16.6. The van der Waals surface area contributed by atoms with Gasteiger partial charge in [-0.3, -0.25) is 0 Å². The molecular weight excluding hydrogens is 703 g/mol. The summed E-state index contributed by atoms with van der Waals surface area (Å²) >= 11 is -2.69. The Hall–Kier alpha value is -2.05. The summed E-state index contributed by atoms with van der Waals surface area (Å²) in [5.41, 5.74) is 18.3. The van der Waals surface area contributed by atoms with E-state index in [2.05, 4.69) is 155 Å². The van der Waals surface area contributed by atoms with Gasteiger partial charge in [0.25, 0.3) is 0 Å². The standard InChI is InChI=1S/C25H25.C11H17.C9H10.2ClH.Zr/c1-14-12-24(3,4)22-8-16-7-17-9-23-19(15(2)13-25(23,5)6)11-21(17)20(16)10-18(14)22;1-5-9-6-7-10(8-9)11(2,3)4;1-2-6-9-7-4-3-5-8-9;;;/h7-13H,1-6H3;7-9H,5H2,1-4H3;3-5,7-8H,2H2,1H3;2*1H;/q;;;;;+2/p-2. The zero-order valence-electron chi connectivity index (χ0n) is 30.8. The number of benzene rings is 3. The normalized spacial score (nSPS) is 19.9. The van der Waals surface area contributed by atoms with Crippen LogP contribution in [-0.2, 0) is 32.1 Å². The molecular formula is C45H52Cl2Zr. The molecule has 4 aliphatic carbocycles. The summed E-state index contributed by atoms with van der Waals surface area (Å²) in [4.78, 5) is 0. The van der Waals surface area contributed by atoms with Gasteiger partial charge in [-0.1, -0.05) is 0 Å². The van der Waals surface area contributed by atoms with E-state index in [1.54, 1.807) is 19.9 Å². The first-order valence-electron chi connectivity index (χ1n) is 17.7. The topological polar surface area (TPSA) is 0 Å². The fourth-order valence-corrected chi connectivity index (χ4v) is 19.0. The van der Waals surface area contributed by atoms with Gasteiger partial charge in [0.1, 0.15) is 0 Å². The summed E-state index contributed by atoms with van der Waals surface area (Å²) in [6, 6.07) is 22.1. The summed E-state index contributed by atoms with van der Waals surface area (Å²) in [6.07, 6.45) is 12.7. The van der Waals surface area contributed by atoms with Crippen LogP contribution < -0.4 is 24.8 Å². The van der Waals surface area contributed by atoms with Crippen molar-refractivity contribution < 1.29 is 46.1 Å².